The van der Waals surface area contributed by atoms with Gasteiger partial charge < -0.3 is 15.7 Å². The van der Waals surface area contributed by atoms with Crippen LogP contribution in [0.5, 0.6) is 0 Å². The molecule has 7 heteroatoms. The minimum absolute atomic E-state index is 0.210. The van der Waals surface area contributed by atoms with E-state index in [1.165, 1.54) is 0 Å². The minimum atomic E-state index is -4.39. The Morgan fingerprint density at radius 1 is 1.22 bits per heavy atom. The fourth-order valence-corrected chi connectivity index (χ4v) is 2.06. The van der Waals surface area contributed by atoms with Crippen molar-refractivity contribution in [3.63, 3.8) is 0 Å². The smallest absolute Gasteiger partial charge is 0.389 e. The average Bonchev–Trinajstić information content (AvgIpc) is 2.26. The molecular formula is C11H19F3N2O2. The number of hydrogen-bond acceptors (Lipinski definition) is 3. The summed E-state index contributed by atoms with van der Waals surface area (Å²) in [5.41, 5.74) is -0.817. The van der Waals surface area contributed by atoms with Crippen molar-refractivity contribution in [3.8, 4) is 0 Å². The van der Waals surface area contributed by atoms with E-state index < -0.39 is 24.2 Å². The highest BCUT2D eigenvalue weighted by atomic mass is 19.4. The zero-order valence-electron chi connectivity index (χ0n) is 10.1. The Balaban J connectivity index is 2.15. The number of rotatable bonds is 5. The molecular weight excluding hydrogens is 249 g/mol. The second kappa shape index (κ2) is 6.38. The first kappa shape index (κ1) is 15.2. The molecule has 0 radical (unpaired) electrons. The molecule has 1 amide bonds. The number of nitrogens with one attached hydrogen (secondary N) is 2. The molecule has 0 atom stereocenters. The standard InChI is InChI=1S/C11H19F3N2O2/c12-11(13,14)8-16-9(17)6-15-7-10(18)4-2-1-3-5-10/h15,18H,1-8H2,(H,16,17). The van der Waals surface area contributed by atoms with Gasteiger partial charge in [0.1, 0.15) is 6.54 Å². The van der Waals surface area contributed by atoms with Gasteiger partial charge in [-0.25, -0.2) is 0 Å². The number of hydrogen-bond donors (Lipinski definition) is 3. The fourth-order valence-electron chi connectivity index (χ4n) is 2.06. The van der Waals surface area contributed by atoms with Crippen molar-refractivity contribution < 1.29 is 23.1 Å². The van der Waals surface area contributed by atoms with Crippen LogP contribution in [0, 0.1) is 0 Å². The lowest BCUT2D eigenvalue weighted by atomic mass is 9.85. The maximum absolute atomic E-state index is 11.8. The Labute approximate surface area is 104 Å². The topological polar surface area (TPSA) is 61.4 Å². The molecule has 18 heavy (non-hydrogen) atoms. The third kappa shape index (κ3) is 6.20. The lowest BCUT2D eigenvalue weighted by molar-refractivity contribution is -0.138. The van der Waals surface area contributed by atoms with Crippen molar-refractivity contribution in [2.45, 2.75) is 43.9 Å². The molecule has 0 unspecified atom stereocenters. The van der Waals surface area contributed by atoms with Gasteiger partial charge in [-0.15, -0.1) is 0 Å². The first-order chi connectivity index (χ1) is 8.31. The van der Waals surface area contributed by atoms with Crippen LogP contribution in [-0.2, 0) is 4.79 Å². The highest BCUT2D eigenvalue weighted by Crippen LogP contribution is 2.27. The van der Waals surface area contributed by atoms with Gasteiger partial charge >= 0.3 is 6.18 Å². The summed E-state index contributed by atoms with van der Waals surface area (Å²) in [5.74, 6) is -0.716. The van der Waals surface area contributed by atoms with E-state index in [1.807, 2.05) is 0 Å². The summed E-state index contributed by atoms with van der Waals surface area (Å²) in [4.78, 5) is 11.1. The Morgan fingerprint density at radius 3 is 2.39 bits per heavy atom. The SMILES string of the molecule is O=C(CNCC1(O)CCCCC1)NCC(F)(F)F. The molecule has 1 aliphatic rings. The van der Waals surface area contributed by atoms with E-state index in [4.69, 9.17) is 0 Å². The maximum Gasteiger partial charge on any atom is 0.405 e. The van der Waals surface area contributed by atoms with E-state index >= 15 is 0 Å². The second-order valence-electron chi connectivity index (χ2n) is 4.78. The molecule has 3 N–H and O–H groups in total. The first-order valence-electron chi connectivity index (χ1n) is 6.07. The zero-order chi connectivity index (χ0) is 13.6. The van der Waals surface area contributed by atoms with Gasteiger partial charge in [0, 0.05) is 6.54 Å². The van der Waals surface area contributed by atoms with E-state index in [-0.39, 0.29) is 13.1 Å². The van der Waals surface area contributed by atoms with Crippen LogP contribution in [0.3, 0.4) is 0 Å². The number of carbonyl (C=O) groups excluding carboxylic acids is 1. The number of alkyl halides is 3. The van der Waals surface area contributed by atoms with Crippen LogP contribution >= 0.6 is 0 Å². The number of halogens is 3. The minimum Gasteiger partial charge on any atom is -0.389 e. The molecule has 0 aliphatic heterocycles. The molecule has 0 aromatic rings. The second-order valence-corrected chi connectivity index (χ2v) is 4.78. The Kier molecular flexibility index (Phi) is 5.40. The van der Waals surface area contributed by atoms with Crippen LogP contribution in [0.2, 0.25) is 0 Å². The van der Waals surface area contributed by atoms with E-state index in [9.17, 15) is 23.1 Å². The quantitative estimate of drug-likeness (QED) is 0.695. The van der Waals surface area contributed by atoms with Crippen molar-refractivity contribution in [1.82, 2.24) is 10.6 Å². The number of carbonyl (C=O) groups is 1. The third-order valence-corrected chi connectivity index (χ3v) is 3.01. The van der Waals surface area contributed by atoms with Crippen molar-refractivity contribution in [2.24, 2.45) is 0 Å². The largest absolute Gasteiger partial charge is 0.405 e. The van der Waals surface area contributed by atoms with Crippen LogP contribution in [-0.4, -0.2) is 42.4 Å². The molecule has 1 rings (SSSR count). The van der Waals surface area contributed by atoms with Crippen LogP contribution in [0.4, 0.5) is 13.2 Å². The summed E-state index contributed by atoms with van der Waals surface area (Å²) in [6.45, 7) is -1.29. The summed E-state index contributed by atoms with van der Waals surface area (Å²) in [6.07, 6.45) is -0.0726. The van der Waals surface area contributed by atoms with Crippen LogP contribution in [0.15, 0.2) is 0 Å². The Bertz CT molecular complexity index is 276. The van der Waals surface area contributed by atoms with Crippen molar-refractivity contribution >= 4 is 5.91 Å². The number of amides is 1. The van der Waals surface area contributed by atoms with Crippen molar-refractivity contribution in [3.05, 3.63) is 0 Å². The molecule has 0 saturated heterocycles. The van der Waals surface area contributed by atoms with Crippen molar-refractivity contribution in [1.29, 1.82) is 0 Å². The van der Waals surface area contributed by atoms with Gasteiger partial charge in [-0.1, -0.05) is 19.3 Å². The summed E-state index contributed by atoms with van der Waals surface area (Å²) in [6, 6.07) is 0. The van der Waals surface area contributed by atoms with Gasteiger partial charge in [-0.05, 0) is 12.8 Å². The maximum atomic E-state index is 11.8. The molecule has 0 spiro atoms. The van der Waals surface area contributed by atoms with Gasteiger partial charge in [0.05, 0.1) is 12.1 Å². The lowest BCUT2D eigenvalue weighted by Gasteiger charge is -2.32. The molecule has 106 valence electrons. The number of aliphatic hydroxyl groups is 1. The average molecular weight is 268 g/mol. The molecule has 0 aromatic carbocycles. The molecule has 1 fully saturated rings. The lowest BCUT2D eigenvalue weighted by Crippen LogP contribution is -2.46. The Hall–Kier alpha value is -0.820. The highest BCUT2D eigenvalue weighted by molar-refractivity contribution is 5.78. The summed E-state index contributed by atoms with van der Waals surface area (Å²) >= 11 is 0. The van der Waals surface area contributed by atoms with Crippen molar-refractivity contribution in [2.75, 3.05) is 19.6 Å². The zero-order valence-corrected chi connectivity index (χ0v) is 10.1. The van der Waals surface area contributed by atoms with Crippen LogP contribution < -0.4 is 10.6 Å². The Morgan fingerprint density at radius 2 is 1.83 bits per heavy atom. The van der Waals surface area contributed by atoms with Gasteiger partial charge in [-0.3, -0.25) is 4.79 Å². The summed E-state index contributed by atoms with van der Waals surface area (Å²) in [5, 5.41) is 14.5. The van der Waals surface area contributed by atoms with E-state index in [1.54, 1.807) is 5.32 Å². The van der Waals surface area contributed by atoms with E-state index in [2.05, 4.69) is 5.32 Å². The predicted octanol–water partition coefficient (Wildman–Crippen LogP) is 0.950. The van der Waals surface area contributed by atoms with Gasteiger partial charge in [0.2, 0.25) is 5.91 Å². The van der Waals surface area contributed by atoms with Crippen LogP contribution in [0.25, 0.3) is 0 Å². The molecule has 4 nitrogen and oxygen atoms in total. The first-order valence-corrected chi connectivity index (χ1v) is 6.07. The van der Waals surface area contributed by atoms with Crippen LogP contribution in [0.1, 0.15) is 32.1 Å². The summed E-state index contributed by atoms with van der Waals surface area (Å²) in [7, 11) is 0. The van der Waals surface area contributed by atoms with Gasteiger partial charge in [0.15, 0.2) is 0 Å². The van der Waals surface area contributed by atoms with E-state index in [0.29, 0.717) is 12.8 Å². The summed E-state index contributed by atoms with van der Waals surface area (Å²) < 4.78 is 35.4. The molecule has 0 bridgehead atoms. The molecule has 1 aliphatic carbocycles. The predicted molar refractivity (Wildman–Crippen MR) is 60.0 cm³/mol. The fraction of sp³-hybridized carbons (Fsp3) is 0.909. The third-order valence-electron chi connectivity index (χ3n) is 3.01. The molecule has 0 heterocycles. The normalized spacial score (nSPS) is 19.6. The van der Waals surface area contributed by atoms with Gasteiger partial charge in [-0.2, -0.15) is 13.2 Å². The molecule has 0 aromatic heterocycles. The highest BCUT2D eigenvalue weighted by Gasteiger charge is 2.29. The monoisotopic (exact) mass is 268 g/mol. The molecule has 1 saturated carbocycles. The van der Waals surface area contributed by atoms with E-state index in [0.717, 1.165) is 19.3 Å². The van der Waals surface area contributed by atoms with Gasteiger partial charge in [0.25, 0.3) is 0 Å².